The van der Waals surface area contributed by atoms with Crippen LogP contribution in [0.1, 0.15) is 36.8 Å². The topological polar surface area (TPSA) is 110 Å². The second-order valence-corrected chi connectivity index (χ2v) is 7.30. The Morgan fingerprint density at radius 2 is 1.83 bits per heavy atom. The minimum atomic E-state index is -1.68. The molecule has 2 aromatic rings. The third-order valence-electron chi connectivity index (χ3n) is 5.48. The monoisotopic (exact) mass is 394 g/mol. The highest BCUT2D eigenvalue weighted by Gasteiger charge is 2.53. The number of benzene rings is 2. The highest BCUT2D eigenvalue weighted by atomic mass is 16.6. The number of nitro benzene ring substituents is 1. The van der Waals surface area contributed by atoms with Crippen LogP contribution in [0.4, 0.5) is 5.69 Å². The predicted octanol–water partition coefficient (Wildman–Crippen LogP) is 3.81. The summed E-state index contributed by atoms with van der Waals surface area (Å²) in [5.74, 6) is -2.38. The third-order valence-corrected chi connectivity index (χ3v) is 5.48. The van der Waals surface area contributed by atoms with Crippen LogP contribution in [-0.2, 0) is 16.1 Å². The molecule has 0 unspecified atom stereocenters. The summed E-state index contributed by atoms with van der Waals surface area (Å²) in [4.78, 5) is 36.0. The number of rotatable bonds is 6. The van der Waals surface area contributed by atoms with E-state index in [4.69, 9.17) is 0 Å². The summed E-state index contributed by atoms with van der Waals surface area (Å²) in [6, 6.07) is 15.0. The number of nitro groups is 1. The molecule has 7 nitrogen and oxygen atoms in total. The van der Waals surface area contributed by atoms with Gasteiger partial charge in [-0.05, 0) is 30.9 Å². The van der Waals surface area contributed by atoms with Gasteiger partial charge < -0.3 is 10.4 Å². The fourth-order valence-electron chi connectivity index (χ4n) is 3.81. The molecule has 0 spiro atoms. The first-order chi connectivity index (χ1) is 13.8. The van der Waals surface area contributed by atoms with E-state index in [0.717, 1.165) is 11.1 Å². The minimum Gasteiger partial charge on any atom is -0.480 e. The van der Waals surface area contributed by atoms with E-state index >= 15 is 0 Å². The molecule has 0 heterocycles. The number of nitrogens with one attached hydrogen (secondary N) is 1. The molecule has 2 N–H and O–H groups in total. The number of hydrogen-bond donors (Lipinski definition) is 2. The van der Waals surface area contributed by atoms with E-state index in [2.05, 4.69) is 5.32 Å². The summed E-state index contributed by atoms with van der Waals surface area (Å²) in [5, 5.41) is 23.8. The van der Waals surface area contributed by atoms with Crippen LogP contribution in [-0.4, -0.2) is 21.9 Å². The van der Waals surface area contributed by atoms with Crippen LogP contribution in [0.2, 0.25) is 0 Å². The van der Waals surface area contributed by atoms with E-state index < -0.39 is 28.1 Å². The number of hydrogen-bond acceptors (Lipinski definition) is 4. The number of nitrogens with zero attached hydrogens (tertiary/aromatic N) is 1. The van der Waals surface area contributed by atoms with Crippen molar-refractivity contribution in [2.45, 2.75) is 32.2 Å². The average molecular weight is 394 g/mol. The van der Waals surface area contributed by atoms with Crippen molar-refractivity contribution in [3.05, 3.63) is 87.5 Å². The molecule has 0 saturated heterocycles. The molecule has 2 aromatic carbocycles. The van der Waals surface area contributed by atoms with Crippen molar-refractivity contribution in [3.63, 3.8) is 0 Å². The summed E-state index contributed by atoms with van der Waals surface area (Å²) in [6.07, 6.45) is 2.25. The fraction of sp³-hybridized carbons (Fsp3) is 0.273. The Labute approximate surface area is 168 Å². The smallest absolute Gasteiger partial charge is 0.320 e. The van der Waals surface area contributed by atoms with Crippen molar-refractivity contribution in [2.75, 3.05) is 0 Å². The molecule has 0 saturated carbocycles. The van der Waals surface area contributed by atoms with Crippen molar-refractivity contribution >= 4 is 17.6 Å². The number of non-ortho nitro benzene ring substituents is 1. The van der Waals surface area contributed by atoms with Crippen LogP contribution >= 0.6 is 0 Å². The zero-order chi connectivity index (χ0) is 21.0. The lowest BCUT2D eigenvalue weighted by Crippen LogP contribution is -2.51. The summed E-state index contributed by atoms with van der Waals surface area (Å²) in [5.41, 5.74) is 0.702. The molecule has 0 bridgehead atoms. The maximum Gasteiger partial charge on any atom is 0.320 e. The molecular formula is C22H22N2O5. The van der Waals surface area contributed by atoms with Gasteiger partial charge in [-0.25, -0.2) is 0 Å². The molecule has 1 aliphatic rings. The normalized spacial score (nSPS) is 21.1. The summed E-state index contributed by atoms with van der Waals surface area (Å²) < 4.78 is 0. The Morgan fingerprint density at radius 1 is 1.17 bits per heavy atom. The number of carbonyl (C=O) groups is 2. The van der Waals surface area contributed by atoms with E-state index in [-0.39, 0.29) is 18.7 Å². The summed E-state index contributed by atoms with van der Waals surface area (Å²) in [6.45, 7) is 2.12. The third kappa shape index (κ3) is 4.03. The molecule has 0 fully saturated rings. The van der Waals surface area contributed by atoms with Gasteiger partial charge in [-0.1, -0.05) is 54.1 Å². The molecule has 0 aromatic heterocycles. The zero-order valence-corrected chi connectivity index (χ0v) is 16.0. The van der Waals surface area contributed by atoms with Crippen LogP contribution in [0.25, 0.3) is 0 Å². The number of aliphatic carboxylic acids is 1. The fourth-order valence-corrected chi connectivity index (χ4v) is 3.81. The number of carbonyl (C=O) groups excluding carboxylic acids is 1. The molecule has 1 aliphatic carbocycles. The van der Waals surface area contributed by atoms with E-state index in [1.165, 1.54) is 12.1 Å². The minimum absolute atomic E-state index is 0.0659. The van der Waals surface area contributed by atoms with Gasteiger partial charge in [0.05, 0.1) is 4.92 Å². The second kappa shape index (κ2) is 8.26. The van der Waals surface area contributed by atoms with Crippen molar-refractivity contribution in [3.8, 4) is 0 Å². The molecule has 3 rings (SSSR count). The van der Waals surface area contributed by atoms with E-state index in [0.29, 0.717) is 12.0 Å². The Hall–Kier alpha value is -3.48. The lowest BCUT2D eigenvalue weighted by Gasteiger charge is -2.38. The zero-order valence-electron chi connectivity index (χ0n) is 16.0. The lowest BCUT2D eigenvalue weighted by atomic mass is 9.63. The number of carboxylic acids is 1. The Kier molecular flexibility index (Phi) is 5.77. The van der Waals surface area contributed by atoms with Crippen molar-refractivity contribution in [1.29, 1.82) is 0 Å². The Balaban J connectivity index is 1.95. The van der Waals surface area contributed by atoms with Crippen LogP contribution < -0.4 is 5.32 Å². The number of carboxylic acid groups (broad SMARTS) is 1. The van der Waals surface area contributed by atoms with Gasteiger partial charge in [-0.3, -0.25) is 19.7 Å². The standard InChI is InChI=1S/C22H22N2O5/c1-15-11-12-22(21(26)27,20(25)23-14-16-5-3-2-4-6-16)19(13-15)17-7-9-18(10-8-17)24(28)29/h2-11,19H,12-14H2,1H3,(H,23,25)(H,26,27)/t19-,22+/m1/s1. The molecule has 1 amide bonds. The van der Waals surface area contributed by atoms with Crippen LogP contribution in [0.5, 0.6) is 0 Å². The first kappa shape index (κ1) is 20.3. The Bertz CT molecular complexity index is 953. The van der Waals surface area contributed by atoms with Gasteiger partial charge in [0.2, 0.25) is 5.91 Å². The molecule has 150 valence electrons. The summed E-state index contributed by atoms with van der Waals surface area (Å²) in [7, 11) is 0. The molecule has 0 aliphatic heterocycles. The van der Waals surface area contributed by atoms with Crippen molar-refractivity contribution < 1.29 is 19.6 Å². The molecule has 29 heavy (non-hydrogen) atoms. The van der Waals surface area contributed by atoms with Gasteiger partial charge in [-0.2, -0.15) is 0 Å². The maximum absolute atomic E-state index is 13.2. The van der Waals surface area contributed by atoms with Crippen LogP contribution in [0.3, 0.4) is 0 Å². The number of amides is 1. The van der Waals surface area contributed by atoms with Gasteiger partial charge in [0.15, 0.2) is 5.41 Å². The molecule has 7 heteroatoms. The largest absolute Gasteiger partial charge is 0.480 e. The summed E-state index contributed by atoms with van der Waals surface area (Å²) >= 11 is 0. The average Bonchev–Trinajstić information content (AvgIpc) is 2.72. The van der Waals surface area contributed by atoms with Gasteiger partial charge in [-0.15, -0.1) is 0 Å². The van der Waals surface area contributed by atoms with Gasteiger partial charge in [0.1, 0.15) is 0 Å². The molecule has 0 radical (unpaired) electrons. The lowest BCUT2D eigenvalue weighted by molar-refractivity contribution is -0.384. The van der Waals surface area contributed by atoms with Gasteiger partial charge >= 0.3 is 5.97 Å². The van der Waals surface area contributed by atoms with E-state index in [1.807, 2.05) is 37.3 Å². The van der Waals surface area contributed by atoms with Gasteiger partial charge in [0.25, 0.3) is 5.69 Å². The van der Waals surface area contributed by atoms with Crippen LogP contribution in [0.15, 0.2) is 66.2 Å². The van der Waals surface area contributed by atoms with E-state index in [9.17, 15) is 24.8 Å². The quantitative estimate of drug-likeness (QED) is 0.335. The predicted molar refractivity (Wildman–Crippen MR) is 107 cm³/mol. The molecular weight excluding hydrogens is 372 g/mol. The molecule has 2 atom stereocenters. The first-order valence-corrected chi connectivity index (χ1v) is 9.30. The van der Waals surface area contributed by atoms with Crippen LogP contribution in [0, 0.1) is 15.5 Å². The highest BCUT2D eigenvalue weighted by Crippen LogP contribution is 2.47. The van der Waals surface area contributed by atoms with Crippen molar-refractivity contribution in [1.82, 2.24) is 5.32 Å². The van der Waals surface area contributed by atoms with E-state index in [1.54, 1.807) is 18.2 Å². The van der Waals surface area contributed by atoms with Crippen molar-refractivity contribution in [2.24, 2.45) is 5.41 Å². The first-order valence-electron chi connectivity index (χ1n) is 9.30. The number of allylic oxidation sites excluding steroid dienone is 2. The second-order valence-electron chi connectivity index (χ2n) is 7.30. The Morgan fingerprint density at radius 3 is 2.41 bits per heavy atom. The van der Waals surface area contributed by atoms with Gasteiger partial charge in [0, 0.05) is 24.6 Å². The SMILES string of the molecule is CC1=CC[C@@](C(=O)O)(C(=O)NCc2ccccc2)[C@@H](c2ccc([N+](=O)[O-])cc2)C1. The maximum atomic E-state index is 13.2. The highest BCUT2D eigenvalue weighted by molar-refractivity contribution is 6.03.